The molecule has 2 rings (SSSR count). The molecule has 0 spiro atoms. The van der Waals surface area contributed by atoms with Gasteiger partial charge in [-0.3, -0.25) is 0 Å². The van der Waals surface area contributed by atoms with Crippen LogP contribution < -0.4 is 10.6 Å². The summed E-state index contributed by atoms with van der Waals surface area (Å²) >= 11 is 0. The first-order chi connectivity index (χ1) is 9.13. The molecule has 1 aromatic heterocycles. The third kappa shape index (κ3) is 4.67. The Morgan fingerprint density at radius 1 is 1.26 bits per heavy atom. The minimum absolute atomic E-state index is 0.552. The normalized spacial score (nSPS) is 16.0. The third-order valence-electron chi connectivity index (χ3n) is 3.41. The number of hydrogen-bond acceptors (Lipinski definition) is 5. The first-order valence-corrected chi connectivity index (χ1v) is 7.14. The second-order valence-electron chi connectivity index (χ2n) is 5.57. The monoisotopic (exact) mass is 263 g/mol. The molecule has 1 fully saturated rings. The van der Waals surface area contributed by atoms with Crippen molar-refractivity contribution in [2.24, 2.45) is 0 Å². The smallest absolute Gasteiger partial charge is 0.225 e. The summed E-state index contributed by atoms with van der Waals surface area (Å²) in [4.78, 5) is 11.2. The maximum Gasteiger partial charge on any atom is 0.225 e. The topological polar surface area (TPSA) is 53.1 Å². The Morgan fingerprint density at radius 3 is 2.68 bits per heavy atom. The van der Waals surface area contributed by atoms with Crippen LogP contribution in [-0.4, -0.2) is 48.1 Å². The van der Waals surface area contributed by atoms with Gasteiger partial charge in [-0.05, 0) is 33.9 Å². The zero-order valence-corrected chi connectivity index (χ0v) is 12.2. The molecule has 0 radical (unpaired) electrons. The van der Waals surface area contributed by atoms with Crippen LogP contribution in [0.5, 0.6) is 0 Å². The van der Waals surface area contributed by atoms with E-state index in [9.17, 15) is 0 Å². The number of aryl methyl sites for hydroxylation is 1. The molecule has 1 aliphatic carbocycles. The minimum Gasteiger partial charge on any atom is -0.369 e. The fourth-order valence-electron chi connectivity index (χ4n) is 2.38. The van der Waals surface area contributed by atoms with Gasteiger partial charge < -0.3 is 15.5 Å². The van der Waals surface area contributed by atoms with Crippen LogP contribution in [0.3, 0.4) is 0 Å². The average molecular weight is 263 g/mol. The highest BCUT2D eigenvalue weighted by atomic mass is 15.2. The predicted molar refractivity (Wildman–Crippen MR) is 79.7 cm³/mol. The lowest BCUT2D eigenvalue weighted by atomic mass is 10.2. The first kappa shape index (κ1) is 14.1. The van der Waals surface area contributed by atoms with E-state index in [1.54, 1.807) is 0 Å². The maximum atomic E-state index is 4.54. The summed E-state index contributed by atoms with van der Waals surface area (Å²) in [6.07, 6.45) is 5.11. The fraction of sp³-hybridized carbons (Fsp3) is 0.714. The molecule has 0 aliphatic heterocycles. The van der Waals surface area contributed by atoms with Gasteiger partial charge in [0.1, 0.15) is 5.82 Å². The van der Waals surface area contributed by atoms with E-state index in [1.165, 1.54) is 25.7 Å². The van der Waals surface area contributed by atoms with E-state index in [1.807, 2.05) is 13.0 Å². The Morgan fingerprint density at radius 2 is 2.00 bits per heavy atom. The Labute approximate surface area is 115 Å². The standard InChI is InChI=1S/C14H25N5/c1-11-10-13(15-8-9-19(2)3)18-14(16-11)17-12-6-4-5-7-12/h10,12H,4-9H2,1-3H3,(H2,15,16,17,18). The lowest BCUT2D eigenvalue weighted by molar-refractivity contribution is 0.425. The van der Waals surface area contributed by atoms with Gasteiger partial charge in [-0.25, -0.2) is 4.98 Å². The predicted octanol–water partition coefficient (Wildman–Crippen LogP) is 2.11. The fourth-order valence-corrected chi connectivity index (χ4v) is 2.38. The quantitative estimate of drug-likeness (QED) is 0.823. The zero-order valence-electron chi connectivity index (χ0n) is 12.2. The molecule has 1 aliphatic rings. The van der Waals surface area contributed by atoms with Crippen molar-refractivity contribution < 1.29 is 0 Å². The van der Waals surface area contributed by atoms with E-state index in [-0.39, 0.29) is 0 Å². The largest absolute Gasteiger partial charge is 0.369 e. The van der Waals surface area contributed by atoms with Gasteiger partial charge >= 0.3 is 0 Å². The molecule has 2 N–H and O–H groups in total. The van der Waals surface area contributed by atoms with Crippen LogP contribution in [0, 0.1) is 6.92 Å². The van der Waals surface area contributed by atoms with Crippen molar-refractivity contribution in [2.75, 3.05) is 37.8 Å². The molecule has 0 saturated heterocycles. The molecule has 5 nitrogen and oxygen atoms in total. The summed E-state index contributed by atoms with van der Waals surface area (Å²) in [5.41, 5.74) is 1.00. The van der Waals surface area contributed by atoms with Crippen molar-refractivity contribution in [2.45, 2.75) is 38.6 Å². The van der Waals surface area contributed by atoms with Crippen LogP contribution in [0.1, 0.15) is 31.4 Å². The summed E-state index contributed by atoms with van der Waals surface area (Å²) in [6.45, 7) is 3.90. The van der Waals surface area contributed by atoms with Crippen LogP contribution in [0.15, 0.2) is 6.07 Å². The van der Waals surface area contributed by atoms with Crippen LogP contribution in [0.25, 0.3) is 0 Å². The molecule has 0 atom stereocenters. The van der Waals surface area contributed by atoms with Crippen molar-refractivity contribution in [3.8, 4) is 0 Å². The summed E-state index contributed by atoms with van der Waals surface area (Å²) in [7, 11) is 4.14. The molecule has 5 heteroatoms. The van der Waals surface area contributed by atoms with Gasteiger partial charge in [-0.15, -0.1) is 0 Å². The molecule has 0 bridgehead atoms. The van der Waals surface area contributed by atoms with Crippen LogP contribution >= 0.6 is 0 Å². The van der Waals surface area contributed by atoms with Crippen molar-refractivity contribution in [1.29, 1.82) is 0 Å². The molecule has 0 amide bonds. The highest BCUT2D eigenvalue weighted by Crippen LogP contribution is 2.21. The van der Waals surface area contributed by atoms with Crippen molar-refractivity contribution in [3.63, 3.8) is 0 Å². The average Bonchev–Trinajstić information content (AvgIpc) is 2.80. The molecule has 106 valence electrons. The highest BCUT2D eigenvalue weighted by Gasteiger charge is 2.15. The lowest BCUT2D eigenvalue weighted by Gasteiger charge is -2.15. The van der Waals surface area contributed by atoms with Crippen molar-refractivity contribution >= 4 is 11.8 Å². The number of aromatic nitrogens is 2. The van der Waals surface area contributed by atoms with Crippen molar-refractivity contribution in [1.82, 2.24) is 14.9 Å². The number of rotatable bonds is 6. The Balaban J connectivity index is 1.93. The number of likely N-dealkylation sites (N-methyl/N-ethyl adjacent to an activating group) is 1. The van der Waals surface area contributed by atoms with Gasteiger partial charge in [-0.1, -0.05) is 12.8 Å². The Kier molecular flexibility index (Phi) is 4.96. The van der Waals surface area contributed by atoms with Gasteiger partial charge in [0.25, 0.3) is 0 Å². The summed E-state index contributed by atoms with van der Waals surface area (Å²) < 4.78 is 0. The number of anilines is 2. The molecule has 19 heavy (non-hydrogen) atoms. The van der Waals surface area contributed by atoms with E-state index in [4.69, 9.17) is 0 Å². The summed E-state index contributed by atoms with van der Waals surface area (Å²) in [6, 6.07) is 2.55. The second-order valence-corrected chi connectivity index (χ2v) is 5.57. The number of nitrogens with zero attached hydrogens (tertiary/aromatic N) is 3. The van der Waals surface area contributed by atoms with Gasteiger partial charge in [0, 0.05) is 30.9 Å². The van der Waals surface area contributed by atoms with E-state index < -0.39 is 0 Å². The summed E-state index contributed by atoms with van der Waals surface area (Å²) in [5, 5.41) is 6.80. The van der Waals surface area contributed by atoms with E-state index >= 15 is 0 Å². The maximum absolute atomic E-state index is 4.54. The first-order valence-electron chi connectivity index (χ1n) is 7.14. The molecule has 0 aromatic carbocycles. The van der Waals surface area contributed by atoms with Gasteiger partial charge in [0.05, 0.1) is 0 Å². The van der Waals surface area contributed by atoms with Gasteiger partial charge in [0.2, 0.25) is 5.95 Å². The number of nitrogens with one attached hydrogen (secondary N) is 2. The van der Waals surface area contributed by atoms with E-state index in [2.05, 4.69) is 39.6 Å². The van der Waals surface area contributed by atoms with Crippen LogP contribution in [0.4, 0.5) is 11.8 Å². The Hall–Kier alpha value is -1.36. The third-order valence-corrected chi connectivity index (χ3v) is 3.41. The second kappa shape index (κ2) is 6.70. The molecular weight excluding hydrogens is 238 g/mol. The molecule has 0 unspecified atom stereocenters. The molecule has 1 heterocycles. The van der Waals surface area contributed by atoms with Crippen LogP contribution in [0.2, 0.25) is 0 Å². The summed E-state index contributed by atoms with van der Waals surface area (Å²) in [5.74, 6) is 1.68. The SMILES string of the molecule is Cc1cc(NCCN(C)C)nc(NC2CCCC2)n1. The van der Waals surface area contributed by atoms with Crippen LogP contribution in [-0.2, 0) is 0 Å². The zero-order chi connectivity index (χ0) is 13.7. The molecule has 1 aromatic rings. The van der Waals surface area contributed by atoms with E-state index in [0.29, 0.717) is 6.04 Å². The molecule has 1 saturated carbocycles. The minimum atomic E-state index is 0.552. The number of hydrogen-bond donors (Lipinski definition) is 2. The van der Waals surface area contributed by atoms with Gasteiger partial charge in [-0.2, -0.15) is 4.98 Å². The van der Waals surface area contributed by atoms with Gasteiger partial charge in [0.15, 0.2) is 0 Å². The lowest BCUT2D eigenvalue weighted by Crippen LogP contribution is -2.22. The molecular formula is C14H25N5. The Bertz CT molecular complexity index is 399. The highest BCUT2D eigenvalue weighted by molar-refractivity contribution is 5.42. The van der Waals surface area contributed by atoms with E-state index in [0.717, 1.165) is 30.5 Å². The van der Waals surface area contributed by atoms with Crippen molar-refractivity contribution in [3.05, 3.63) is 11.8 Å².